The Morgan fingerprint density at radius 1 is 1.00 bits per heavy atom. The molecular formula is C16H23N3O2. The van der Waals surface area contributed by atoms with Gasteiger partial charge in [-0.05, 0) is 25.0 Å². The molecule has 1 amide bonds. The van der Waals surface area contributed by atoms with Crippen molar-refractivity contribution in [3.05, 3.63) is 23.9 Å². The van der Waals surface area contributed by atoms with Crippen LogP contribution in [0.25, 0.3) is 0 Å². The summed E-state index contributed by atoms with van der Waals surface area (Å²) >= 11 is 0. The first-order valence-corrected chi connectivity index (χ1v) is 7.92. The number of rotatable bonds is 2. The van der Waals surface area contributed by atoms with Crippen molar-refractivity contribution in [3.8, 4) is 0 Å². The highest BCUT2D eigenvalue weighted by atomic mass is 16.5. The standard InChI is InChI=1S/C16H23N3O2/c20-16(19-9-11-21-12-10-19)14-5-6-15(17-13-14)18-7-3-1-2-4-8-18/h5-6,13H,1-4,7-12H2. The van der Waals surface area contributed by atoms with Gasteiger partial charge in [0.1, 0.15) is 5.82 Å². The van der Waals surface area contributed by atoms with Crippen LogP contribution in [0.4, 0.5) is 5.82 Å². The van der Waals surface area contributed by atoms with Gasteiger partial charge in [0.15, 0.2) is 0 Å². The van der Waals surface area contributed by atoms with E-state index in [9.17, 15) is 4.79 Å². The summed E-state index contributed by atoms with van der Waals surface area (Å²) in [5.74, 6) is 1.06. The van der Waals surface area contributed by atoms with E-state index in [1.54, 1.807) is 6.20 Å². The first-order chi connectivity index (χ1) is 10.3. The van der Waals surface area contributed by atoms with Gasteiger partial charge < -0.3 is 14.5 Å². The lowest BCUT2D eigenvalue weighted by molar-refractivity contribution is 0.0302. The molecule has 0 unspecified atom stereocenters. The molecule has 114 valence electrons. The predicted molar refractivity (Wildman–Crippen MR) is 81.6 cm³/mol. The molecule has 2 saturated heterocycles. The third-order valence-corrected chi connectivity index (χ3v) is 4.22. The number of amides is 1. The van der Waals surface area contributed by atoms with Gasteiger partial charge in [-0.3, -0.25) is 4.79 Å². The fourth-order valence-electron chi connectivity index (χ4n) is 2.95. The second kappa shape index (κ2) is 6.89. The van der Waals surface area contributed by atoms with Crippen molar-refractivity contribution in [3.63, 3.8) is 0 Å². The fourth-order valence-corrected chi connectivity index (χ4v) is 2.95. The number of ether oxygens (including phenoxy) is 1. The fraction of sp³-hybridized carbons (Fsp3) is 0.625. The highest BCUT2D eigenvalue weighted by Crippen LogP contribution is 2.18. The first-order valence-electron chi connectivity index (χ1n) is 7.92. The molecule has 0 bridgehead atoms. The molecule has 0 N–H and O–H groups in total. The third kappa shape index (κ3) is 3.53. The Morgan fingerprint density at radius 2 is 1.71 bits per heavy atom. The molecule has 0 saturated carbocycles. The highest BCUT2D eigenvalue weighted by molar-refractivity contribution is 5.94. The highest BCUT2D eigenvalue weighted by Gasteiger charge is 2.19. The van der Waals surface area contributed by atoms with Gasteiger partial charge in [0, 0.05) is 32.4 Å². The van der Waals surface area contributed by atoms with E-state index in [-0.39, 0.29) is 5.91 Å². The number of carbonyl (C=O) groups is 1. The number of morpholine rings is 1. The summed E-state index contributed by atoms with van der Waals surface area (Å²) in [7, 11) is 0. The summed E-state index contributed by atoms with van der Waals surface area (Å²) in [6.45, 7) is 4.75. The Bertz CT molecular complexity index is 461. The molecule has 5 nitrogen and oxygen atoms in total. The Morgan fingerprint density at radius 3 is 2.33 bits per heavy atom. The van der Waals surface area contributed by atoms with Gasteiger partial charge >= 0.3 is 0 Å². The van der Waals surface area contributed by atoms with Crippen molar-refractivity contribution in [2.45, 2.75) is 25.7 Å². The van der Waals surface area contributed by atoms with E-state index in [2.05, 4.69) is 9.88 Å². The van der Waals surface area contributed by atoms with Crippen LogP contribution in [-0.4, -0.2) is 55.2 Å². The first kappa shape index (κ1) is 14.3. The average Bonchev–Trinajstić information content (AvgIpc) is 2.84. The van der Waals surface area contributed by atoms with Gasteiger partial charge in [-0.25, -0.2) is 4.98 Å². The summed E-state index contributed by atoms with van der Waals surface area (Å²) in [5, 5.41) is 0. The molecule has 21 heavy (non-hydrogen) atoms. The van der Waals surface area contributed by atoms with Crippen LogP contribution in [0, 0.1) is 0 Å². The van der Waals surface area contributed by atoms with Crippen molar-refractivity contribution < 1.29 is 9.53 Å². The number of pyridine rings is 1. The lowest BCUT2D eigenvalue weighted by Gasteiger charge is -2.27. The van der Waals surface area contributed by atoms with E-state index in [0.29, 0.717) is 31.9 Å². The molecule has 1 aromatic rings. The molecule has 1 aromatic heterocycles. The number of anilines is 1. The van der Waals surface area contributed by atoms with Gasteiger partial charge in [0.25, 0.3) is 5.91 Å². The molecule has 0 atom stereocenters. The molecule has 2 aliphatic rings. The molecule has 2 aliphatic heterocycles. The van der Waals surface area contributed by atoms with Gasteiger partial charge in [-0.15, -0.1) is 0 Å². The van der Waals surface area contributed by atoms with Gasteiger partial charge in [0.2, 0.25) is 0 Å². The van der Waals surface area contributed by atoms with Gasteiger partial charge in [-0.1, -0.05) is 12.8 Å². The van der Waals surface area contributed by atoms with Crippen LogP contribution < -0.4 is 4.90 Å². The van der Waals surface area contributed by atoms with Crippen LogP contribution in [0.15, 0.2) is 18.3 Å². The second-order valence-corrected chi connectivity index (χ2v) is 5.71. The van der Waals surface area contributed by atoms with E-state index < -0.39 is 0 Å². The van der Waals surface area contributed by atoms with Crippen LogP contribution in [0.2, 0.25) is 0 Å². The predicted octanol–water partition coefficient (Wildman–Crippen LogP) is 1.93. The SMILES string of the molecule is O=C(c1ccc(N2CCCCCC2)nc1)N1CCOCC1. The van der Waals surface area contributed by atoms with Crippen LogP contribution >= 0.6 is 0 Å². The van der Waals surface area contributed by atoms with Crippen molar-refractivity contribution in [2.75, 3.05) is 44.3 Å². The molecule has 5 heteroatoms. The summed E-state index contributed by atoms with van der Waals surface area (Å²) in [6.07, 6.45) is 6.80. The van der Waals surface area contributed by atoms with E-state index in [4.69, 9.17) is 4.74 Å². The van der Waals surface area contributed by atoms with Crippen LogP contribution in [-0.2, 0) is 4.74 Å². The molecule has 0 aliphatic carbocycles. The monoisotopic (exact) mass is 289 g/mol. The maximum absolute atomic E-state index is 12.4. The quantitative estimate of drug-likeness (QED) is 0.834. The smallest absolute Gasteiger partial charge is 0.255 e. The number of hydrogen-bond acceptors (Lipinski definition) is 4. The van der Waals surface area contributed by atoms with Crippen LogP contribution in [0.3, 0.4) is 0 Å². The minimum atomic E-state index is 0.0632. The molecule has 0 spiro atoms. The zero-order chi connectivity index (χ0) is 14.5. The Labute approximate surface area is 125 Å². The van der Waals surface area contributed by atoms with Gasteiger partial charge in [-0.2, -0.15) is 0 Å². The molecule has 3 rings (SSSR count). The molecule has 0 aromatic carbocycles. The van der Waals surface area contributed by atoms with Crippen molar-refractivity contribution in [1.82, 2.24) is 9.88 Å². The van der Waals surface area contributed by atoms with Crippen molar-refractivity contribution >= 4 is 11.7 Å². The lowest BCUT2D eigenvalue weighted by atomic mass is 10.2. The number of hydrogen-bond donors (Lipinski definition) is 0. The number of carbonyl (C=O) groups excluding carboxylic acids is 1. The minimum absolute atomic E-state index is 0.0632. The molecule has 3 heterocycles. The van der Waals surface area contributed by atoms with Gasteiger partial charge in [0.05, 0.1) is 18.8 Å². The third-order valence-electron chi connectivity index (χ3n) is 4.22. The molecule has 0 radical (unpaired) electrons. The summed E-state index contributed by atoms with van der Waals surface area (Å²) in [6, 6.07) is 3.89. The Hall–Kier alpha value is -1.62. The zero-order valence-electron chi connectivity index (χ0n) is 12.5. The molecular weight excluding hydrogens is 266 g/mol. The lowest BCUT2D eigenvalue weighted by Crippen LogP contribution is -2.40. The maximum Gasteiger partial charge on any atom is 0.255 e. The van der Waals surface area contributed by atoms with Crippen LogP contribution in [0.1, 0.15) is 36.0 Å². The van der Waals surface area contributed by atoms with E-state index in [0.717, 1.165) is 18.9 Å². The zero-order valence-corrected chi connectivity index (χ0v) is 12.5. The normalized spacial score (nSPS) is 20.2. The summed E-state index contributed by atoms with van der Waals surface area (Å²) in [5.41, 5.74) is 0.676. The Kier molecular flexibility index (Phi) is 4.70. The largest absolute Gasteiger partial charge is 0.378 e. The second-order valence-electron chi connectivity index (χ2n) is 5.71. The maximum atomic E-state index is 12.4. The topological polar surface area (TPSA) is 45.7 Å². The number of aromatic nitrogens is 1. The Balaban J connectivity index is 1.66. The van der Waals surface area contributed by atoms with Crippen molar-refractivity contribution in [1.29, 1.82) is 0 Å². The van der Waals surface area contributed by atoms with Crippen molar-refractivity contribution in [2.24, 2.45) is 0 Å². The summed E-state index contributed by atoms with van der Waals surface area (Å²) < 4.78 is 5.28. The molecule has 2 fully saturated rings. The van der Waals surface area contributed by atoms with E-state index >= 15 is 0 Å². The van der Waals surface area contributed by atoms with E-state index in [1.165, 1.54) is 25.7 Å². The minimum Gasteiger partial charge on any atom is -0.378 e. The average molecular weight is 289 g/mol. The summed E-state index contributed by atoms with van der Waals surface area (Å²) in [4.78, 5) is 21.0. The van der Waals surface area contributed by atoms with Crippen LogP contribution in [0.5, 0.6) is 0 Å². The van der Waals surface area contributed by atoms with E-state index in [1.807, 2.05) is 17.0 Å². The number of nitrogens with zero attached hydrogens (tertiary/aromatic N) is 3.